The van der Waals surface area contributed by atoms with E-state index in [1.807, 2.05) is 49.4 Å². The zero-order chi connectivity index (χ0) is 14.7. The molecule has 2 aromatic carbocycles. The van der Waals surface area contributed by atoms with Gasteiger partial charge in [-0.1, -0.05) is 29.8 Å². The number of para-hydroxylation sites is 2. The van der Waals surface area contributed by atoms with E-state index < -0.39 is 0 Å². The van der Waals surface area contributed by atoms with Crippen molar-refractivity contribution in [3.63, 3.8) is 0 Å². The number of aryl methyl sites for hydroxylation is 1. The lowest BCUT2D eigenvalue weighted by molar-refractivity contribution is 0.0961. The van der Waals surface area contributed by atoms with Crippen LogP contribution < -0.4 is 5.32 Å². The van der Waals surface area contributed by atoms with Crippen molar-refractivity contribution < 1.29 is 9.21 Å². The second-order valence-electron chi connectivity index (χ2n) is 4.61. The Morgan fingerprint density at radius 3 is 2.90 bits per heavy atom. The quantitative estimate of drug-likeness (QED) is 0.590. The Hall–Kier alpha value is -2.27. The molecule has 0 radical (unpaired) electrons. The van der Waals surface area contributed by atoms with Crippen LogP contribution in [0.4, 0.5) is 0 Å². The lowest BCUT2D eigenvalue weighted by atomic mass is 10.1. The first-order chi connectivity index (χ1) is 10.2. The highest BCUT2D eigenvalue weighted by Crippen LogP contribution is 2.22. The summed E-state index contributed by atoms with van der Waals surface area (Å²) in [5, 5.41) is 3.40. The zero-order valence-corrected chi connectivity index (χ0v) is 12.3. The number of carbonyl (C=O) groups is 1. The topological polar surface area (TPSA) is 55.1 Å². The standard InChI is InChI=1S/C16H14N2O2S/c1-11-5-4-6-12(9-11)15(19)17-10-21-16-18-13-7-2-3-8-14(13)20-16/h2-9H,10H2,1H3,(H,17,19). The van der Waals surface area contributed by atoms with Gasteiger partial charge in [-0.2, -0.15) is 0 Å². The smallest absolute Gasteiger partial charge is 0.258 e. The number of hydrogen-bond donors (Lipinski definition) is 1. The van der Waals surface area contributed by atoms with Gasteiger partial charge >= 0.3 is 0 Å². The fourth-order valence-electron chi connectivity index (χ4n) is 1.96. The third kappa shape index (κ3) is 3.25. The Morgan fingerprint density at radius 1 is 1.24 bits per heavy atom. The molecule has 1 amide bonds. The molecule has 0 spiro atoms. The number of nitrogens with zero attached hydrogens (tertiary/aromatic N) is 1. The fraction of sp³-hybridized carbons (Fsp3) is 0.125. The lowest BCUT2D eigenvalue weighted by Crippen LogP contribution is -2.22. The third-order valence-electron chi connectivity index (χ3n) is 2.98. The number of thioether (sulfide) groups is 1. The molecule has 3 aromatic rings. The maximum Gasteiger partial charge on any atom is 0.258 e. The number of hydrogen-bond acceptors (Lipinski definition) is 4. The highest BCUT2D eigenvalue weighted by molar-refractivity contribution is 7.99. The molecule has 21 heavy (non-hydrogen) atoms. The van der Waals surface area contributed by atoms with Gasteiger partial charge in [0.05, 0.1) is 5.88 Å². The average Bonchev–Trinajstić information content (AvgIpc) is 2.89. The number of rotatable bonds is 4. The van der Waals surface area contributed by atoms with Crippen molar-refractivity contribution >= 4 is 28.8 Å². The SMILES string of the molecule is Cc1cccc(C(=O)NCSc2nc3ccccc3o2)c1. The van der Waals surface area contributed by atoms with E-state index in [-0.39, 0.29) is 5.91 Å². The highest BCUT2D eigenvalue weighted by Gasteiger charge is 2.08. The summed E-state index contributed by atoms with van der Waals surface area (Å²) in [6.45, 7) is 1.96. The van der Waals surface area contributed by atoms with E-state index >= 15 is 0 Å². The van der Waals surface area contributed by atoms with E-state index in [0.29, 0.717) is 16.7 Å². The maximum absolute atomic E-state index is 12.0. The number of amides is 1. The van der Waals surface area contributed by atoms with Gasteiger partial charge in [0.1, 0.15) is 5.52 Å². The van der Waals surface area contributed by atoms with E-state index in [2.05, 4.69) is 10.3 Å². The fourth-order valence-corrected chi connectivity index (χ4v) is 2.60. The molecular formula is C16H14N2O2S. The Morgan fingerprint density at radius 2 is 2.10 bits per heavy atom. The van der Waals surface area contributed by atoms with Crippen LogP contribution in [0.3, 0.4) is 0 Å². The van der Waals surface area contributed by atoms with Crippen LogP contribution in [0.25, 0.3) is 11.1 Å². The normalized spacial score (nSPS) is 10.7. The van der Waals surface area contributed by atoms with E-state index in [1.165, 1.54) is 11.8 Å². The Bertz CT molecular complexity index is 750. The zero-order valence-electron chi connectivity index (χ0n) is 11.5. The monoisotopic (exact) mass is 298 g/mol. The summed E-state index contributed by atoms with van der Waals surface area (Å²) in [4.78, 5) is 16.3. The molecule has 0 aliphatic heterocycles. The summed E-state index contributed by atoms with van der Waals surface area (Å²) < 4.78 is 5.58. The second kappa shape index (κ2) is 6.01. The van der Waals surface area contributed by atoms with Crippen LogP contribution in [0.5, 0.6) is 0 Å². The molecule has 106 valence electrons. The van der Waals surface area contributed by atoms with Gasteiger partial charge in [-0.25, -0.2) is 4.98 Å². The van der Waals surface area contributed by atoms with Crippen LogP contribution in [0, 0.1) is 6.92 Å². The minimum absolute atomic E-state index is 0.0951. The molecular weight excluding hydrogens is 284 g/mol. The maximum atomic E-state index is 12.0. The molecule has 4 nitrogen and oxygen atoms in total. The molecule has 5 heteroatoms. The highest BCUT2D eigenvalue weighted by atomic mass is 32.2. The van der Waals surface area contributed by atoms with Crippen molar-refractivity contribution in [2.45, 2.75) is 12.1 Å². The molecule has 0 fully saturated rings. The van der Waals surface area contributed by atoms with E-state index in [1.54, 1.807) is 6.07 Å². The molecule has 1 aromatic heterocycles. The molecule has 0 saturated carbocycles. The number of nitrogens with one attached hydrogen (secondary N) is 1. The predicted molar refractivity (Wildman–Crippen MR) is 83.4 cm³/mol. The average molecular weight is 298 g/mol. The minimum Gasteiger partial charge on any atom is -0.431 e. The van der Waals surface area contributed by atoms with E-state index in [9.17, 15) is 4.79 Å². The van der Waals surface area contributed by atoms with Gasteiger partial charge in [0, 0.05) is 5.56 Å². The van der Waals surface area contributed by atoms with Crippen LogP contribution in [0.15, 0.2) is 58.2 Å². The molecule has 1 heterocycles. The predicted octanol–water partition coefficient (Wildman–Crippen LogP) is 3.62. The van der Waals surface area contributed by atoms with Gasteiger partial charge in [0.2, 0.25) is 0 Å². The Kier molecular flexibility index (Phi) is 3.92. The summed E-state index contributed by atoms with van der Waals surface area (Å²) >= 11 is 1.36. The van der Waals surface area contributed by atoms with Gasteiger partial charge < -0.3 is 9.73 Å². The molecule has 0 saturated heterocycles. The van der Waals surface area contributed by atoms with Crippen LogP contribution in [-0.2, 0) is 0 Å². The second-order valence-corrected chi connectivity index (χ2v) is 5.54. The summed E-state index contributed by atoms with van der Waals surface area (Å²) in [5.74, 6) is 0.321. The summed E-state index contributed by atoms with van der Waals surface area (Å²) in [6.07, 6.45) is 0. The van der Waals surface area contributed by atoms with Crippen molar-refractivity contribution in [1.29, 1.82) is 0 Å². The minimum atomic E-state index is -0.0951. The number of carbonyl (C=O) groups excluding carboxylic acids is 1. The number of benzene rings is 2. The van der Waals surface area contributed by atoms with Crippen LogP contribution in [0.1, 0.15) is 15.9 Å². The van der Waals surface area contributed by atoms with Gasteiger partial charge in [0.25, 0.3) is 11.1 Å². The molecule has 0 aliphatic carbocycles. The summed E-state index contributed by atoms with van der Waals surface area (Å²) in [5.41, 5.74) is 3.30. The molecule has 0 bridgehead atoms. The molecule has 1 N–H and O–H groups in total. The van der Waals surface area contributed by atoms with Crippen molar-refractivity contribution in [2.75, 3.05) is 5.88 Å². The van der Waals surface area contributed by atoms with Gasteiger partial charge in [-0.3, -0.25) is 4.79 Å². The molecule has 0 unspecified atom stereocenters. The van der Waals surface area contributed by atoms with E-state index in [4.69, 9.17) is 4.42 Å². The van der Waals surface area contributed by atoms with Crippen LogP contribution >= 0.6 is 11.8 Å². The number of fused-ring (bicyclic) bond motifs is 1. The van der Waals surface area contributed by atoms with Gasteiger partial charge in [-0.15, -0.1) is 0 Å². The Balaban J connectivity index is 1.59. The van der Waals surface area contributed by atoms with Crippen molar-refractivity contribution in [3.8, 4) is 0 Å². The largest absolute Gasteiger partial charge is 0.431 e. The molecule has 3 rings (SSSR count). The number of oxazole rings is 1. The molecule has 0 atom stereocenters. The van der Waals surface area contributed by atoms with Crippen molar-refractivity contribution in [2.24, 2.45) is 0 Å². The first-order valence-corrected chi connectivity index (χ1v) is 7.54. The summed E-state index contributed by atoms with van der Waals surface area (Å²) in [7, 11) is 0. The number of aromatic nitrogens is 1. The summed E-state index contributed by atoms with van der Waals surface area (Å²) in [6, 6.07) is 15.1. The van der Waals surface area contributed by atoms with Gasteiger partial charge in [-0.05, 0) is 43.0 Å². The first kappa shape index (κ1) is 13.7. The first-order valence-electron chi connectivity index (χ1n) is 6.55. The van der Waals surface area contributed by atoms with E-state index in [0.717, 1.165) is 16.7 Å². The van der Waals surface area contributed by atoms with Gasteiger partial charge in [0.15, 0.2) is 5.58 Å². The van der Waals surface area contributed by atoms with Crippen LogP contribution in [0.2, 0.25) is 0 Å². The lowest BCUT2D eigenvalue weighted by Gasteiger charge is -2.03. The third-order valence-corrected chi connectivity index (χ3v) is 3.69. The van der Waals surface area contributed by atoms with Crippen LogP contribution in [-0.4, -0.2) is 16.8 Å². The Labute approximate surface area is 126 Å². The van der Waals surface area contributed by atoms with Crippen molar-refractivity contribution in [3.05, 3.63) is 59.7 Å². The van der Waals surface area contributed by atoms with Crippen molar-refractivity contribution in [1.82, 2.24) is 10.3 Å². The molecule has 0 aliphatic rings.